The van der Waals surface area contributed by atoms with Crippen LogP contribution < -0.4 is 16.4 Å². The first-order chi connectivity index (χ1) is 21.0. The van der Waals surface area contributed by atoms with Crippen molar-refractivity contribution in [3.05, 3.63) is 89.5 Å². The molecule has 228 valence electrons. The molecule has 2 saturated heterocycles. The summed E-state index contributed by atoms with van der Waals surface area (Å²) in [6.45, 7) is 3.08. The van der Waals surface area contributed by atoms with E-state index in [4.69, 9.17) is 15.2 Å². The number of nitrogens with one attached hydrogen (secondary N) is 2. The van der Waals surface area contributed by atoms with Crippen LogP contribution in [-0.4, -0.2) is 47.6 Å². The Kier molecular flexibility index (Phi) is 10.8. The predicted octanol–water partition coefficient (Wildman–Crippen LogP) is 5.54. The van der Waals surface area contributed by atoms with E-state index >= 15 is 0 Å². The summed E-state index contributed by atoms with van der Waals surface area (Å²) in [5, 5.41) is 15.1. The minimum absolute atomic E-state index is 0.0111. The first-order valence-corrected chi connectivity index (χ1v) is 15.2. The number of ether oxygens (including phenoxy) is 2. The van der Waals surface area contributed by atoms with Gasteiger partial charge in [0.1, 0.15) is 0 Å². The van der Waals surface area contributed by atoms with Crippen molar-refractivity contribution in [3.63, 3.8) is 0 Å². The Morgan fingerprint density at radius 3 is 2.21 bits per heavy atom. The second kappa shape index (κ2) is 15.1. The number of aliphatic hydroxyl groups is 1. The predicted molar refractivity (Wildman–Crippen MR) is 167 cm³/mol. The van der Waals surface area contributed by atoms with Crippen LogP contribution in [0, 0.1) is 0 Å². The molecule has 0 bridgehead atoms. The van der Waals surface area contributed by atoms with E-state index < -0.39 is 6.29 Å². The van der Waals surface area contributed by atoms with Gasteiger partial charge in [0, 0.05) is 37.1 Å². The van der Waals surface area contributed by atoms with Gasteiger partial charge in [0.15, 0.2) is 6.29 Å². The summed E-state index contributed by atoms with van der Waals surface area (Å²) in [7, 11) is 0. The van der Waals surface area contributed by atoms with Crippen molar-refractivity contribution in [2.45, 2.75) is 70.1 Å². The Hall–Kier alpha value is -3.76. The van der Waals surface area contributed by atoms with Gasteiger partial charge in [-0.15, -0.1) is 0 Å². The minimum Gasteiger partial charge on any atom is -0.397 e. The molecule has 0 unspecified atom stereocenters. The van der Waals surface area contributed by atoms with Gasteiger partial charge in [0.25, 0.3) is 0 Å². The van der Waals surface area contributed by atoms with Crippen molar-refractivity contribution >= 4 is 28.9 Å². The van der Waals surface area contributed by atoms with E-state index in [-0.39, 0.29) is 43.5 Å². The average Bonchev–Trinajstić information content (AvgIpc) is 3.03. The van der Waals surface area contributed by atoms with Crippen LogP contribution in [0.15, 0.2) is 72.8 Å². The maximum Gasteiger partial charge on any atom is 0.224 e. The second-order valence-corrected chi connectivity index (χ2v) is 11.4. The van der Waals surface area contributed by atoms with E-state index in [2.05, 4.69) is 15.5 Å². The van der Waals surface area contributed by atoms with Crippen molar-refractivity contribution in [2.75, 3.05) is 36.0 Å². The molecule has 3 atom stereocenters. The number of nitrogen functional groups attached to an aromatic ring is 1. The van der Waals surface area contributed by atoms with Crippen LogP contribution in [0.2, 0.25) is 0 Å². The van der Waals surface area contributed by atoms with Crippen LogP contribution >= 0.6 is 0 Å². The number of hydrogen-bond acceptors (Lipinski definition) is 7. The number of anilines is 3. The maximum absolute atomic E-state index is 12.5. The van der Waals surface area contributed by atoms with Gasteiger partial charge < -0.3 is 35.8 Å². The fraction of sp³-hybridized carbons (Fsp3) is 0.412. The number of amides is 2. The zero-order chi connectivity index (χ0) is 30.0. The largest absolute Gasteiger partial charge is 0.397 e. The number of carbonyl (C=O) groups excluding carboxylic acids is 2. The van der Waals surface area contributed by atoms with Crippen LogP contribution in [0.1, 0.15) is 74.0 Å². The summed E-state index contributed by atoms with van der Waals surface area (Å²) in [6, 6.07) is 22.6. The second-order valence-electron chi connectivity index (χ2n) is 11.4. The highest BCUT2D eigenvalue weighted by molar-refractivity contribution is 5.94. The molecular weight excluding hydrogens is 544 g/mol. The van der Waals surface area contributed by atoms with Crippen molar-refractivity contribution in [1.29, 1.82) is 0 Å². The van der Waals surface area contributed by atoms with Gasteiger partial charge in [-0.3, -0.25) is 9.59 Å². The smallest absolute Gasteiger partial charge is 0.224 e. The molecule has 2 aliphatic rings. The van der Waals surface area contributed by atoms with Crippen molar-refractivity contribution in [2.24, 2.45) is 0 Å². The Morgan fingerprint density at radius 2 is 1.51 bits per heavy atom. The van der Waals surface area contributed by atoms with Crippen LogP contribution in [0.25, 0.3) is 0 Å². The molecule has 3 aromatic rings. The molecular formula is C34H42N4O5. The Morgan fingerprint density at radius 1 is 0.837 bits per heavy atom. The standard InChI is InChI=1S/C34H42N4O5/c35-29-7-2-3-8-30(29)37-33(41)10-6-9-32(40)36-27-17-15-26(16-18-27)34-42-28(22-38-19-4-1-5-20-38)21-31(43-34)25-13-11-24(23-39)12-14-25/h2-3,7-8,11-18,28,31,34,39H,1,4-6,9-10,19-23,35H2,(H,36,40)(H,37,41)/t28-,31+,34+/m1/s1. The minimum atomic E-state index is -0.534. The fourth-order valence-electron chi connectivity index (χ4n) is 5.64. The van der Waals surface area contributed by atoms with Gasteiger partial charge in [-0.05, 0) is 67.7 Å². The lowest BCUT2D eigenvalue weighted by Crippen LogP contribution is -2.41. The summed E-state index contributed by atoms with van der Waals surface area (Å²) in [5.74, 6) is -0.332. The van der Waals surface area contributed by atoms with Crippen LogP contribution in [-0.2, 0) is 25.7 Å². The monoisotopic (exact) mass is 586 g/mol. The summed E-state index contributed by atoms with van der Waals surface area (Å²) in [5.41, 5.74) is 10.5. The normalized spacial score (nSPS) is 20.8. The fourth-order valence-corrected chi connectivity index (χ4v) is 5.64. The van der Waals surface area contributed by atoms with Gasteiger partial charge in [-0.25, -0.2) is 0 Å². The van der Waals surface area contributed by atoms with Crippen LogP contribution in [0.5, 0.6) is 0 Å². The number of aliphatic hydroxyl groups excluding tert-OH is 1. The summed E-state index contributed by atoms with van der Waals surface area (Å²) >= 11 is 0. The maximum atomic E-state index is 12.5. The lowest BCUT2D eigenvalue weighted by Gasteiger charge is -2.39. The molecule has 2 amide bonds. The molecule has 0 saturated carbocycles. The molecule has 0 aromatic heterocycles. The van der Waals surface area contributed by atoms with Crippen molar-refractivity contribution in [3.8, 4) is 0 Å². The highest BCUT2D eigenvalue weighted by Gasteiger charge is 2.33. The quantitative estimate of drug-likeness (QED) is 0.217. The first-order valence-electron chi connectivity index (χ1n) is 15.2. The summed E-state index contributed by atoms with van der Waals surface area (Å²) in [6.07, 6.45) is 4.72. The van der Waals surface area contributed by atoms with Crippen LogP contribution in [0.3, 0.4) is 0 Å². The molecule has 5 N–H and O–H groups in total. The van der Waals surface area contributed by atoms with E-state index in [9.17, 15) is 14.7 Å². The summed E-state index contributed by atoms with van der Waals surface area (Å²) < 4.78 is 12.9. The summed E-state index contributed by atoms with van der Waals surface area (Å²) in [4.78, 5) is 27.3. The van der Waals surface area contributed by atoms with Crippen LogP contribution in [0.4, 0.5) is 17.1 Å². The first kappa shape index (κ1) is 30.7. The van der Waals surface area contributed by atoms with E-state index in [1.165, 1.54) is 19.3 Å². The molecule has 0 spiro atoms. The highest BCUT2D eigenvalue weighted by atomic mass is 16.7. The van der Waals surface area contributed by atoms with Gasteiger partial charge in [0.2, 0.25) is 11.8 Å². The molecule has 2 fully saturated rings. The van der Waals surface area contributed by atoms with E-state index in [1.807, 2.05) is 48.5 Å². The zero-order valence-corrected chi connectivity index (χ0v) is 24.5. The molecule has 9 heteroatoms. The Labute approximate surface area is 253 Å². The third-order valence-electron chi connectivity index (χ3n) is 8.03. The molecule has 3 aromatic carbocycles. The number of likely N-dealkylation sites (tertiary alicyclic amines) is 1. The average molecular weight is 587 g/mol. The molecule has 0 radical (unpaired) electrons. The van der Waals surface area contributed by atoms with Gasteiger partial charge in [0.05, 0.1) is 30.2 Å². The lowest BCUT2D eigenvalue weighted by molar-refractivity contribution is -0.253. The number of carbonyl (C=O) groups is 2. The number of rotatable bonds is 11. The van der Waals surface area contributed by atoms with Gasteiger partial charge >= 0.3 is 0 Å². The molecule has 5 rings (SSSR count). The molecule has 9 nitrogen and oxygen atoms in total. The van der Waals surface area contributed by atoms with Crippen molar-refractivity contribution < 1.29 is 24.2 Å². The highest BCUT2D eigenvalue weighted by Crippen LogP contribution is 2.38. The molecule has 43 heavy (non-hydrogen) atoms. The van der Waals surface area contributed by atoms with Crippen molar-refractivity contribution in [1.82, 2.24) is 4.90 Å². The SMILES string of the molecule is Nc1ccccc1NC(=O)CCCC(=O)Nc1ccc([C@H]2O[C@@H](CN3CCCCC3)C[C@@H](c3ccc(CO)cc3)O2)cc1. The molecule has 2 aliphatic heterocycles. The Bertz CT molecular complexity index is 1340. The molecule has 2 heterocycles. The zero-order valence-electron chi connectivity index (χ0n) is 24.5. The van der Waals surface area contributed by atoms with Gasteiger partial charge in [-0.1, -0.05) is 55.0 Å². The number of hydrogen-bond donors (Lipinski definition) is 4. The van der Waals surface area contributed by atoms with E-state index in [1.54, 1.807) is 24.3 Å². The number of piperidine rings is 1. The Balaban J connectivity index is 1.15. The number of nitrogens with two attached hydrogens (primary N) is 1. The number of para-hydroxylation sites is 2. The lowest BCUT2D eigenvalue weighted by atomic mass is 9.99. The topological polar surface area (TPSA) is 126 Å². The third kappa shape index (κ3) is 8.87. The third-order valence-corrected chi connectivity index (χ3v) is 8.03. The van der Waals surface area contributed by atoms with E-state index in [0.29, 0.717) is 23.5 Å². The van der Waals surface area contributed by atoms with E-state index in [0.717, 1.165) is 42.7 Å². The van der Waals surface area contributed by atoms with Gasteiger partial charge in [-0.2, -0.15) is 0 Å². The number of benzene rings is 3. The molecule has 0 aliphatic carbocycles. The number of nitrogens with zero attached hydrogens (tertiary/aromatic N) is 1.